The molecule has 0 spiro atoms. The van der Waals surface area contributed by atoms with Gasteiger partial charge >= 0.3 is 6.03 Å². The van der Waals surface area contributed by atoms with Gasteiger partial charge in [0, 0.05) is 18.8 Å². The lowest BCUT2D eigenvalue weighted by Crippen LogP contribution is -2.55. The van der Waals surface area contributed by atoms with Gasteiger partial charge in [-0.2, -0.15) is 0 Å². The molecule has 24 heavy (non-hydrogen) atoms. The molecule has 3 amide bonds. The number of hydrogen-bond donors (Lipinski definition) is 2. The van der Waals surface area contributed by atoms with Crippen LogP contribution >= 0.6 is 12.2 Å². The normalized spacial score (nSPS) is 13.6. The first-order valence-electron chi connectivity index (χ1n) is 7.27. The van der Waals surface area contributed by atoms with Crippen LogP contribution in [0.5, 0.6) is 0 Å². The number of thiocarbonyl (C=S) groups is 1. The predicted octanol–water partition coefficient (Wildman–Crippen LogP) is 1.16. The zero-order chi connectivity index (χ0) is 17.5. The van der Waals surface area contributed by atoms with E-state index in [0.717, 1.165) is 5.56 Å². The molecule has 8 heteroatoms. The van der Waals surface area contributed by atoms with Crippen LogP contribution < -0.4 is 11.2 Å². The molecule has 2 rings (SSSR count). The van der Waals surface area contributed by atoms with E-state index in [0.29, 0.717) is 6.54 Å². The smallest absolute Gasteiger partial charge is 0.341 e. The maximum atomic E-state index is 12.3. The van der Waals surface area contributed by atoms with Crippen molar-refractivity contribution in [2.45, 2.75) is 6.54 Å². The number of benzene rings is 1. The van der Waals surface area contributed by atoms with E-state index in [4.69, 9.17) is 18.0 Å². The summed E-state index contributed by atoms with van der Waals surface area (Å²) in [7, 11) is 0. The zero-order valence-corrected chi connectivity index (χ0v) is 13.9. The SMILES string of the molecule is C=CCN(NC(=O)N1C=CC(=O)N(Cc2ccccc2)C1)C(N)=S. The Hall–Kier alpha value is -2.87. The molecule has 3 N–H and O–H groups in total. The molecule has 126 valence electrons. The molecule has 1 aromatic carbocycles. The van der Waals surface area contributed by atoms with Gasteiger partial charge in [-0.05, 0) is 17.8 Å². The third-order valence-corrected chi connectivity index (χ3v) is 3.54. The Morgan fingerprint density at radius 3 is 2.75 bits per heavy atom. The van der Waals surface area contributed by atoms with E-state index in [1.54, 1.807) is 11.0 Å². The lowest BCUT2D eigenvalue weighted by Gasteiger charge is -2.33. The maximum absolute atomic E-state index is 12.3. The van der Waals surface area contributed by atoms with Crippen LogP contribution in [0, 0.1) is 0 Å². The Labute approximate surface area is 146 Å². The Morgan fingerprint density at radius 1 is 1.42 bits per heavy atom. The maximum Gasteiger partial charge on any atom is 0.341 e. The molecule has 1 aliphatic heterocycles. The van der Waals surface area contributed by atoms with E-state index in [9.17, 15) is 9.59 Å². The fraction of sp³-hybridized carbons (Fsp3) is 0.188. The highest BCUT2D eigenvalue weighted by atomic mass is 32.1. The number of nitrogens with one attached hydrogen (secondary N) is 1. The average molecular weight is 345 g/mol. The van der Waals surface area contributed by atoms with Gasteiger partial charge in [-0.25, -0.2) is 10.2 Å². The van der Waals surface area contributed by atoms with Crippen LogP contribution in [-0.4, -0.2) is 45.1 Å². The first-order chi connectivity index (χ1) is 11.5. The quantitative estimate of drug-likeness (QED) is 0.486. The lowest BCUT2D eigenvalue weighted by molar-refractivity contribution is -0.129. The number of carbonyl (C=O) groups is 2. The molecule has 0 aliphatic carbocycles. The fourth-order valence-corrected chi connectivity index (χ4v) is 2.24. The van der Waals surface area contributed by atoms with Crippen LogP contribution in [-0.2, 0) is 11.3 Å². The Kier molecular flexibility index (Phi) is 5.91. The first kappa shape index (κ1) is 17.5. The Balaban J connectivity index is 2.02. The van der Waals surface area contributed by atoms with E-state index < -0.39 is 6.03 Å². The predicted molar refractivity (Wildman–Crippen MR) is 95.1 cm³/mol. The zero-order valence-electron chi connectivity index (χ0n) is 13.1. The van der Waals surface area contributed by atoms with Crippen molar-refractivity contribution in [1.82, 2.24) is 20.2 Å². The molecule has 0 fully saturated rings. The van der Waals surface area contributed by atoms with Crippen LogP contribution in [0.1, 0.15) is 5.56 Å². The van der Waals surface area contributed by atoms with Crippen LogP contribution in [0.3, 0.4) is 0 Å². The summed E-state index contributed by atoms with van der Waals surface area (Å²) >= 11 is 4.87. The highest BCUT2D eigenvalue weighted by molar-refractivity contribution is 7.80. The summed E-state index contributed by atoms with van der Waals surface area (Å²) in [6.45, 7) is 4.42. The summed E-state index contributed by atoms with van der Waals surface area (Å²) in [5, 5.41) is 1.33. The number of carbonyl (C=O) groups excluding carboxylic acids is 2. The molecule has 1 heterocycles. The van der Waals surface area contributed by atoms with E-state index in [-0.39, 0.29) is 24.2 Å². The van der Waals surface area contributed by atoms with Crippen molar-refractivity contribution < 1.29 is 9.59 Å². The molecule has 0 saturated heterocycles. The molecule has 1 aromatic rings. The third-order valence-electron chi connectivity index (χ3n) is 3.32. The Bertz CT molecular complexity index is 662. The summed E-state index contributed by atoms with van der Waals surface area (Å²) < 4.78 is 0. The minimum absolute atomic E-state index is 0.0291. The molecule has 7 nitrogen and oxygen atoms in total. The highest BCUT2D eigenvalue weighted by Crippen LogP contribution is 2.11. The number of amides is 3. The molecule has 0 radical (unpaired) electrons. The molecule has 0 atom stereocenters. The van der Waals surface area contributed by atoms with Crippen LogP contribution in [0.15, 0.2) is 55.3 Å². The summed E-state index contributed by atoms with van der Waals surface area (Å²) in [5.41, 5.74) is 9.11. The topological polar surface area (TPSA) is 81.9 Å². The standard InChI is InChI=1S/C16H19N5O2S/c1-2-9-21(15(17)24)18-16(23)19-10-8-14(22)20(12-19)11-13-6-4-3-5-7-13/h2-8,10H,1,9,11-12H2,(H2,17,24)(H,18,23). The second-order valence-electron chi connectivity index (χ2n) is 5.10. The van der Waals surface area contributed by atoms with Crippen LogP contribution in [0.25, 0.3) is 0 Å². The monoisotopic (exact) mass is 345 g/mol. The van der Waals surface area contributed by atoms with E-state index in [1.807, 2.05) is 30.3 Å². The lowest BCUT2D eigenvalue weighted by atomic mass is 10.2. The van der Waals surface area contributed by atoms with Crippen molar-refractivity contribution >= 4 is 29.3 Å². The largest absolute Gasteiger partial charge is 0.375 e. The minimum atomic E-state index is -0.438. The molecule has 0 bridgehead atoms. The van der Waals surface area contributed by atoms with Gasteiger partial charge in [-0.3, -0.25) is 14.7 Å². The van der Waals surface area contributed by atoms with Gasteiger partial charge in [0.15, 0.2) is 5.11 Å². The fourth-order valence-electron chi connectivity index (χ4n) is 2.12. The number of urea groups is 1. The number of nitrogens with two attached hydrogens (primary N) is 1. The molecular weight excluding hydrogens is 326 g/mol. The third kappa shape index (κ3) is 4.56. The van der Waals surface area contributed by atoms with Gasteiger partial charge in [0.25, 0.3) is 0 Å². The minimum Gasteiger partial charge on any atom is -0.375 e. The molecule has 1 aliphatic rings. The average Bonchev–Trinajstić information content (AvgIpc) is 2.57. The summed E-state index contributed by atoms with van der Waals surface area (Å²) in [5.74, 6) is -0.153. The van der Waals surface area contributed by atoms with Crippen molar-refractivity contribution in [2.24, 2.45) is 5.73 Å². The molecule has 0 aromatic heterocycles. The second-order valence-corrected chi connectivity index (χ2v) is 5.52. The van der Waals surface area contributed by atoms with Crippen molar-refractivity contribution in [3.63, 3.8) is 0 Å². The van der Waals surface area contributed by atoms with Crippen molar-refractivity contribution in [3.8, 4) is 0 Å². The van der Waals surface area contributed by atoms with Gasteiger partial charge in [0.05, 0.1) is 6.54 Å². The van der Waals surface area contributed by atoms with E-state index >= 15 is 0 Å². The summed E-state index contributed by atoms with van der Waals surface area (Å²) in [6.07, 6.45) is 4.35. The van der Waals surface area contributed by atoms with E-state index in [1.165, 1.54) is 22.2 Å². The second kappa shape index (κ2) is 8.11. The summed E-state index contributed by atoms with van der Waals surface area (Å²) in [6, 6.07) is 9.12. The van der Waals surface area contributed by atoms with Crippen molar-refractivity contribution in [3.05, 3.63) is 60.8 Å². The van der Waals surface area contributed by atoms with Crippen LogP contribution in [0.4, 0.5) is 4.79 Å². The van der Waals surface area contributed by atoms with Crippen LogP contribution in [0.2, 0.25) is 0 Å². The molecule has 0 unspecified atom stereocenters. The van der Waals surface area contributed by atoms with E-state index in [2.05, 4.69) is 12.0 Å². The van der Waals surface area contributed by atoms with Gasteiger partial charge in [-0.1, -0.05) is 36.4 Å². The van der Waals surface area contributed by atoms with Gasteiger partial charge < -0.3 is 10.6 Å². The van der Waals surface area contributed by atoms with Gasteiger partial charge in [0.1, 0.15) is 6.67 Å². The highest BCUT2D eigenvalue weighted by Gasteiger charge is 2.24. The molecular formula is C16H19N5O2S. The summed E-state index contributed by atoms with van der Waals surface area (Å²) in [4.78, 5) is 27.3. The Morgan fingerprint density at radius 2 is 2.12 bits per heavy atom. The van der Waals surface area contributed by atoms with Gasteiger partial charge in [0.2, 0.25) is 5.91 Å². The van der Waals surface area contributed by atoms with Crippen molar-refractivity contribution in [2.75, 3.05) is 13.2 Å². The number of hydrogen-bond acceptors (Lipinski definition) is 3. The number of hydrazine groups is 1. The van der Waals surface area contributed by atoms with Gasteiger partial charge in [-0.15, -0.1) is 6.58 Å². The number of nitrogens with zero attached hydrogens (tertiary/aromatic N) is 3. The first-order valence-corrected chi connectivity index (χ1v) is 7.68. The number of rotatable bonds is 4. The van der Waals surface area contributed by atoms with Crippen molar-refractivity contribution in [1.29, 1.82) is 0 Å². The molecule has 0 saturated carbocycles.